The van der Waals surface area contributed by atoms with Crippen molar-refractivity contribution in [3.05, 3.63) is 45.3 Å². The maximum atomic E-state index is 12.7. The molecule has 5 nitrogen and oxygen atoms in total. The van der Waals surface area contributed by atoms with Crippen LogP contribution in [0.2, 0.25) is 0 Å². The van der Waals surface area contributed by atoms with Crippen molar-refractivity contribution >= 4 is 16.9 Å². The fourth-order valence-electron chi connectivity index (χ4n) is 3.55. The summed E-state index contributed by atoms with van der Waals surface area (Å²) in [6, 6.07) is 4.98. The van der Waals surface area contributed by atoms with E-state index in [4.69, 9.17) is 13.9 Å². The quantitative estimate of drug-likeness (QED) is 0.805. The highest BCUT2D eigenvalue weighted by atomic mass is 16.5. The van der Waals surface area contributed by atoms with E-state index in [1.54, 1.807) is 32.2 Å². The first kappa shape index (κ1) is 16.7. The molecular formula is C19H22O5. The van der Waals surface area contributed by atoms with E-state index in [2.05, 4.69) is 0 Å². The standard InChI is InChI=1S/C19H22O5/c1-11-16(20)14-5-4-6-15(19(21)23-3)18(14)24-17(11)12-7-9-13(22-2)10-8-12/h4-6,12-13H,7-10H2,1-3H3/t12-,13+. The SMILES string of the molecule is COC(=O)c1cccc2c(=O)c(C)c([C@H]3CC[C@@H](OC)CC3)oc12. The Morgan fingerprint density at radius 3 is 2.50 bits per heavy atom. The Balaban J connectivity index is 2.11. The second-order valence-corrected chi connectivity index (χ2v) is 6.30. The molecule has 0 radical (unpaired) electrons. The Hall–Kier alpha value is -2.14. The molecule has 0 bridgehead atoms. The molecule has 3 rings (SSSR count). The van der Waals surface area contributed by atoms with Crippen LogP contribution in [0.15, 0.2) is 27.4 Å². The molecule has 1 aromatic carbocycles. The van der Waals surface area contributed by atoms with Gasteiger partial charge in [0, 0.05) is 18.6 Å². The fraction of sp³-hybridized carbons (Fsp3) is 0.474. The molecule has 1 saturated carbocycles. The second-order valence-electron chi connectivity index (χ2n) is 6.30. The van der Waals surface area contributed by atoms with Gasteiger partial charge in [-0.25, -0.2) is 4.79 Å². The van der Waals surface area contributed by atoms with Gasteiger partial charge >= 0.3 is 5.97 Å². The number of rotatable bonds is 3. The van der Waals surface area contributed by atoms with E-state index in [0.29, 0.717) is 27.9 Å². The van der Waals surface area contributed by atoms with Crippen molar-refractivity contribution in [2.24, 2.45) is 0 Å². The van der Waals surface area contributed by atoms with Crippen molar-refractivity contribution in [2.45, 2.75) is 44.6 Å². The van der Waals surface area contributed by atoms with Crippen LogP contribution in [0.4, 0.5) is 0 Å². The maximum absolute atomic E-state index is 12.7. The van der Waals surface area contributed by atoms with E-state index in [-0.39, 0.29) is 17.5 Å². The van der Waals surface area contributed by atoms with Crippen LogP contribution in [0.3, 0.4) is 0 Å². The van der Waals surface area contributed by atoms with Gasteiger partial charge in [0.25, 0.3) is 0 Å². The Morgan fingerprint density at radius 2 is 1.88 bits per heavy atom. The molecule has 1 heterocycles. The van der Waals surface area contributed by atoms with E-state index < -0.39 is 5.97 Å². The van der Waals surface area contributed by atoms with Gasteiger partial charge in [0.15, 0.2) is 11.0 Å². The molecule has 5 heteroatoms. The number of hydrogen-bond acceptors (Lipinski definition) is 5. The topological polar surface area (TPSA) is 65.7 Å². The summed E-state index contributed by atoms with van der Waals surface area (Å²) in [5, 5.41) is 0.421. The molecule has 24 heavy (non-hydrogen) atoms. The van der Waals surface area contributed by atoms with Crippen molar-refractivity contribution in [3.63, 3.8) is 0 Å². The van der Waals surface area contributed by atoms with Crippen LogP contribution in [0.1, 0.15) is 53.3 Å². The van der Waals surface area contributed by atoms with E-state index in [0.717, 1.165) is 25.7 Å². The number of fused-ring (bicyclic) bond motifs is 1. The van der Waals surface area contributed by atoms with Crippen molar-refractivity contribution in [1.29, 1.82) is 0 Å². The van der Waals surface area contributed by atoms with Crippen LogP contribution < -0.4 is 5.43 Å². The minimum atomic E-state index is -0.498. The van der Waals surface area contributed by atoms with Crippen LogP contribution in [0.25, 0.3) is 11.0 Å². The van der Waals surface area contributed by atoms with Gasteiger partial charge in [-0.2, -0.15) is 0 Å². The first-order valence-corrected chi connectivity index (χ1v) is 8.24. The number of carbonyl (C=O) groups is 1. The van der Waals surface area contributed by atoms with E-state index >= 15 is 0 Å². The molecule has 0 spiro atoms. The Labute approximate surface area is 140 Å². The summed E-state index contributed by atoms with van der Waals surface area (Å²) in [7, 11) is 3.05. The highest BCUT2D eigenvalue weighted by molar-refractivity contribution is 6.01. The van der Waals surface area contributed by atoms with E-state index in [1.165, 1.54) is 7.11 Å². The molecule has 2 aromatic rings. The third-order valence-corrected chi connectivity index (χ3v) is 4.97. The second kappa shape index (κ2) is 6.77. The van der Waals surface area contributed by atoms with Crippen LogP contribution in [0.5, 0.6) is 0 Å². The largest absolute Gasteiger partial charge is 0.465 e. The lowest BCUT2D eigenvalue weighted by molar-refractivity contribution is 0.0601. The minimum Gasteiger partial charge on any atom is -0.465 e. The molecule has 0 aliphatic heterocycles. The zero-order valence-electron chi connectivity index (χ0n) is 14.3. The van der Waals surface area contributed by atoms with Gasteiger partial charge in [0.1, 0.15) is 11.3 Å². The van der Waals surface area contributed by atoms with Crippen LogP contribution in [0, 0.1) is 6.92 Å². The lowest BCUT2D eigenvalue weighted by atomic mass is 9.84. The highest BCUT2D eigenvalue weighted by Crippen LogP contribution is 2.36. The number of methoxy groups -OCH3 is 2. The third-order valence-electron chi connectivity index (χ3n) is 4.97. The molecule has 0 atom stereocenters. The summed E-state index contributed by atoms with van der Waals surface area (Å²) in [6.07, 6.45) is 3.99. The lowest BCUT2D eigenvalue weighted by Crippen LogP contribution is -2.21. The van der Waals surface area contributed by atoms with Gasteiger partial charge in [-0.1, -0.05) is 6.07 Å². The fourth-order valence-corrected chi connectivity index (χ4v) is 3.55. The smallest absolute Gasteiger partial charge is 0.341 e. The van der Waals surface area contributed by atoms with Gasteiger partial charge < -0.3 is 13.9 Å². The average Bonchev–Trinajstić information content (AvgIpc) is 2.63. The minimum absolute atomic E-state index is 0.0779. The van der Waals surface area contributed by atoms with Gasteiger partial charge in [0.05, 0.1) is 18.6 Å². The zero-order chi connectivity index (χ0) is 17.3. The van der Waals surface area contributed by atoms with Crippen molar-refractivity contribution in [3.8, 4) is 0 Å². The van der Waals surface area contributed by atoms with E-state index in [9.17, 15) is 9.59 Å². The van der Waals surface area contributed by atoms with Gasteiger partial charge in [0.2, 0.25) is 0 Å². The summed E-state index contributed by atoms with van der Waals surface area (Å²) in [6.45, 7) is 1.80. The monoisotopic (exact) mass is 330 g/mol. The van der Waals surface area contributed by atoms with Crippen LogP contribution in [-0.2, 0) is 9.47 Å². The molecule has 1 fully saturated rings. The zero-order valence-corrected chi connectivity index (χ0v) is 14.3. The molecule has 1 aromatic heterocycles. The third kappa shape index (κ3) is 2.84. The molecule has 1 aliphatic carbocycles. The summed E-state index contributed by atoms with van der Waals surface area (Å²) in [5.74, 6) is 0.374. The van der Waals surface area contributed by atoms with Gasteiger partial charge in [-0.3, -0.25) is 4.79 Å². The van der Waals surface area contributed by atoms with Crippen LogP contribution >= 0.6 is 0 Å². The molecule has 0 unspecified atom stereocenters. The highest BCUT2D eigenvalue weighted by Gasteiger charge is 2.27. The van der Waals surface area contributed by atoms with Gasteiger partial charge in [-0.15, -0.1) is 0 Å². The van der Waals surface area contributed by atoms with Crippen molar-refractivity contribution < 1.29 is 18.7 Å². The summed E-state index contributed by atoms with van der Waals surface area (Å²) >= 11 is 0. The predicted octanol–water partition coefficient (Wildman–Crippen LogP) is 3.56. The first-order valence-electron chi connectivity index (χ1n) is 8.24. The number of para-hydroxylation sites is 1. The molecule has 1 aliphatic rings. The van der Waals surface area contributed by atoms with Gasteiger partial charge in [-0.05, 0) is 44.7 Å². The Morgan fingerprint density at radius 1 is 1.17 bits per heavy atom. The molecule has 0 saturated heterocycles. The summed E-state index contributed by atoms with van der Waals surface area (Å²) in [5.41, 5.74) is 1.17. The number of carbonyl (C=O) groups excluding carboxylic acids is 1. The molecule has 128 valence electrons. The summed E-state index contributed by atoms with van der Waals surface area (Å²) < 4.78 is 16.3. The Bertz CT molecular complexity index is 812. The first-order chi connectivity index (χ1) is 11.6. The Kier molecular flexibility index (Phi) is 4.71. The van der Waals surface area contributed by atoms with E-state index in [1.807, 2.05) is 0 Å². The van der Waals surface area contributed by atoms with Crippen molar-refractivity contribution in [1.82, 2.24) is 0 Å². The number of benzene rings is 1. The lowest BCUT2D eigenvalue weighted by Gasteiger charge is -2.27. The number of esters is 1. The summed E-state index contributed by atoms with van der Waals surface area (Å²) in [4.78, 5) is 24.7. The number of hydrogen-bond donors (Lipinski definition) is 0. The van der Waals surface area contributed by atoms with Crippen LogP contribution in [-0.4, -0.2) is 26.3 Å². The molecular weight excluding hydrogens is 308 g/mol. The normalized spacial score (nSPS) is 21.0. The van der Waals surface area contributed by atoms with Crippen molar-refractivity contribution in [2.75, 3.05) is 14.2 Å². The maximum Gasteiger partial charge on any atom is 0.341 e. The average molecular weight is 330 g/mol. The number of ether oxygens (including phenoxy) is 2. The predicted molar refractivity (Wildman–Crippen MR) is 90.6 cm³/mol. The molecule has 0 N–H and O–H groups in total. The molecule has 0 amide bonds.